The molecular formula is C17H21BrN2O4. The van der Waals surface area contributed by atoms with Crippen molar-refractivity contribution in [2.75, 3.05) is 13.1 Å². The predicted molar refractivity (Wildman–Crippen MR) is 92.3 cm³/mol. The van der Waals surface area contributed by atoms with Crippen LogP contribution >= 0.6 is 15.9 Å². The number of aliphatic carboxylic acids is 1. The van der Waals surface area contributed by atoms with E-state index in [1.165, 1.54) is 6.92 Å². The van der Waals surface area contributed by atoms with Crippen LogP contribution in [0.2, 0.25) is 0 Å². The Balaban J connectivity index is 2.03. The minimum Gasteiger partial charge on any atom is -0.481 e. The lowest BCUT2D eigenvalue weighted by Crippen LogP contribution is -2.43. The highest BCUT2D eigenvalue weighted by Crippen LogP contribution is 2.23. The van der Waals surface area contributed by atoms with E-state index in [4.69, 9.17) is 5.11 Å². The fraction of sp³-hybridized carbons (Fsp3) is 0.471. The molecule has 0 radical (unpaired) electrons. The molecule has 1 atom stereocenters. The molecule has 1 aliphatic rings. The summed E-state index contributed by atoms with van der Waals surface area (Å²) in [5.74, 6) is -1.29. The largest absolute Gasteiger partial charge is 0.481 e. The average molecular weight is 397 g/mol. The first-order chi connectivity index (χ1) is 11.4. The van der Waals surface area contributed by atoms with Gasteiger partial charge in [-0.3, -0.25) is 14.4 Å². The average Bonchev–Trinajstić information content (AvgIpc) is 2.53. The van der Waals surface area contributed by atoms with Gasteiger partial charge in [-0.15, -0.1) is 0 Å². The highest BCUT2D eigenvalue weighted by atomic mass is 79.9. The number of nitrogens with one attached hydrogen (secondary N) is 1. The van der Waals surface area contributed by atoms with Gasteiger partial charge in [0, 0.05) is 30.4 Å². The van der Waals surface area contributed by atoms with E-state index in [2.05, 4.69) is 21.2 Å². The van der Waals surface area contributed by atoms with Crippen LogP contribution in [0.15, 0.2) is 28.7 Å². The number of carboxylic acid groups (broad SMARTS) is 1. The molecule has 6 nitrogen and oxygen atoms in total. The molecule has 0 saturated carbocycles. The molecule has 0 unspecified atom stereocenters. The Morgan fingerprint density at radius 3 is 2.54 bits per heavy atom. The third kappa shape index (κ3) is 5.06. The van der Waals surface area contributed by atoms with Crippen LogP contribution in [0.3, 0.4) is 0 Å². The minimum atomic E-state index is -0.966. The Bertz CT molecular complexity index is 627. The Kier molecular flexibility index (Phi) is 6.36. The van der Waals surface area contributed by atoms with E-state index in [-0.39, 0.29) is 24.2 Å². The number of amides is 2. The fourth-order valence-electron chi connectivity index (χ4n) is 2.90. The molecule has 24 heavy (non-hydrogen) atoms. The zero-order chi connectivity index (χ0) is 17.7. The number of piperidine rings is 1. The van der Waals surface area contributed by atoms with Crippen molar-refractivity contribution in [3.63, 3.8) is 0 Å². The van der Waals surface area contributed by atoms with Crippen LogP contribution < -0.4 is 5.32 Å². The van der Waals surface area contributed by atoms with E-state index in [1.54, 1.807) is 11.0 Å². The molecule has 130 valence electrons. The first kappa shape index (κ1) is 18.4. The molecule has 1 saturated heterocycles. The van der Waals surface area contributed by atoms with Gasteiger partial charge in [-0.25, -0.2) is 0 Å². The number of carbonyl (C=O) groups is 3. The second-order valence-electron chi connectivity index (χ2n) is 5.99. The molecule has 0 spiro atoms. The number of hydrogen-bond donors (Lipinski definition) is 2. The van der Waals surface area contributed by atoms with Gasteiger partial charge in [0.15, 0.2) is 0 Å². The maximum absolute atomic E-state index is 12.5. The Labute approximate surface area is 149 Å². The van der Waals surface area contributed by atoms with Gasteiger partial charge < -0.3 is 15.3 Å². The Morgan fingerprint density at radius 2 is 2.00 bits per heavy atom. The lowest BCUT2D eigenvalue weighted by molar-refractivity contribution is -0.138. The first-order valence-corrected chi connectivity index (χ1v) is 8.69. The molecule has 0 aliphatic carbocycles. The van der Waals surface area contributed by atoms with Crippen molar-refractivity contribution >= 4 is 33.7 Å². The standard InChI is InChI=1S/C17H21BrN2O4/c1-11(21)20-7-5-12(6-8-20)17(24)19-15(10-16(22)23)13-3-2-4-14(18)9-13/h2-4,9,12,15H,5-8,10H2,1H3,(H,19,24)(H,22,23)/t15-/m1/s1. The number of halogens is 1. The smallest absolute Gasteiger partial charge is 0.305 e. The number of benzene rings is 1. The quantitative estimate of drug-likeness (QED) is 0.799. The second kappa shape index (κ2) is 8.28. The monoisotopic (exact) mass is 396 g/mol. The van der Waals surface area contributed by atoms with E-state index >= 15 is 0 Å². The second-order valence-corrected chi connectivity index (χ2v) is 6.91. The number of carbonyl (C=O) groups excluding carboxylic acids is 2. The molecule has 1 heterocycles. The van der Waals surface area contributed by atoms with Gasteiger partial charge >= 0.3 is 5.97 Å². The summed E-state index contributed by atoms with van der Waals surface area (Å²) in [7, 11) is 0. The van der Waals surface area contributed by atoms with Crippen LogP contribution in [-0.4, -0.2) is 40.9 Å². The molecule has 0 bridgehead atoms. The van der Waals surface area contributed by atoms with Crippen molar-refractivity contribution in [3.05, 3.63) is 34.3 Å². The molecule has 0 aromatic heterocycles. The van der Waals surface area contributed by atoms with E-state index in [1.807, 2.05) is 18.2 Å². The predicted octanol–water partition coefficient (Wildman–Crippen LogP) is 2.34. The number of rotatable bonds is 5. The van der Waals surface area contributed by atoms with Crippen LogP contribution in [0, 0.1) is 5.92 Å². The number of hydrogen-bond acceptors (Lipinski definition) is 3. The first-order valence-electron chi connectivity index (χ1n) is 7.90. The summed E-state index contributed by atoms with van der Waals surface area (Å²) >= 11 is 3.36. The zero-order valence-corrected chi connectivity index (χ0v) is 15.1. The fourth-order valence-corrected chi connectivity index (χ4v) is 3.31. The molecule has 2 amide bonds. The minimum absolute atomic E-state index is 0.0201. The molecule has 1 fully saturated rings. The van der Waals surface area contributed by atoms with Gasteiger partial charge in [0.2, 0.25) is 11.8 Å². The maximum atomic E-state index is 12.5. The summed E-state index contributed by atoms with van der Waals surface area (Å²) in [4.78, 5) is 36.7. The third-order valence-corrected chi connectivity index (χ3v) is 4.75. The lowest BCUT2D eigenvalue weighted by atomic mass is 9.94. The van der Waals surface area contributed by atoms with E-state index < -0.39 is 12.0 Å². The molecule has 1 aliphatic heterocycles. The van der Waals surface area contributed by atoms with Gasteiger partial charge in [0.05, 0.1) is 12.5 Å². The molecule has 1 aromatic rings. The van der Waals surface area contributed by atoms with Crippen molar-refractivity contribution in [1.82, 2.24) is 10.2 Å². The topological polar surface area (TPSA) is 86.7 Å². The molecule has 2 rings (SSSR count). The van der Waals surface area contributed by atoms with Crippen molar-refractivity contribution in [2.24, 2.45) is 5.92 Å². The number of nitrogens with zero attached hydrogens (tertiary/aromatic N) is 1. The number of carboxylic acids is 1. The third-order valence-electron chi connectivity index (χ3n) is 4.26. The van der Waals surface area contributed by atoms with Gasteiger partial charge in [-0.05, 0) is 30.5 Å². The van der Waals surface area contributed by atoms with Gasteiger partial charge in [-0.2, -0.15) is 0 Å². The van der Waals surface area contributed by atoms with Crippen LogP contribution in [0.5, 0.6) is 0 Å². The van der Waals surface area contributed by atoms with Gasteiger partial charge in [0.25, 0.3) is 0 Å². The van der Waals surface area contributed by atoms with Crippen molar-refractivity contribution in [2.45, 2.75) is 32.2 Å². The molecule has 2 N–H and O–H groups in total. The highest BCUT2D eigenvalue weighted by molar-refractivity contribution is 9.10. The van der Waals surface area contributed by atoms with Crippen molar-refractivity contribution in [3.8, 4) is 0 Å². The van der Waals surface area contributed by atoms with Crippen molar-refractivity contribution in [1.29, 1.82) is 0 Å². The van der Waals surface area contributed by atoms with Crippen LogP contribution in [0.4, 0.5) is 0 Å². The van der Waals surface area contributed by atoms with Crippen LogP contribution in [-0.2, 0) is 14.4 Å². The summed E-state index contributed by atoms with van der Waals surface area (Å²) in [6, 6.07) is 6.70. The van der Waals surface area contributed by atoms with E-state index in [0.29, 0.717) is 25.9 Å². The van der Waals surface area contributed by atoms with Crippen LogP contribution in [0.25, 0.3) is 0 Å². The summed E-state index contributed by atoms with van der Waals surface area (Å²) in [5, 5.41) is 12.0. The lowest BCUT2D eigenvalue weighted by Gasteiger charge is -2.31. The summed E-state index contributed by atoms with van der Waals surface area (Å²) in [6.45, 7) is 2.65. The number of likely N-dealkylation sites (tertiary alicyclic amines) is 1. The van der Waals surface area contributed by atoms with Crippen molar-refractivity contribution < 1.29 is 19.5 Å². The maximum Gasteiger partial charge on any atom is 0.305 e. The Hall–Kier alpha value is -1.89. The summed E-state index contributed by atoms with van der Waals surface area (Å²) in [6.07, 6.45) is 1.03. The zero-order valence-electron chi connectivity index (χ0n) is 13.5. The summed E-state index contributed by atoms with van der Waals surface area (Å²) < 4.78 is 0.833. The summed E-state index contributed by atoms with van der Waals surface area (Å²) in [5.41, 5.74) is 0.751. The normalized spacial score (nSPS) is 16.5. The van der Waals surface area contributed by atoms with Crippen LogP contribution in [0.1, 0.15) is 37.8 Å². The van der Waals surface area contributed by atoms with Gasteiger partial charge in [0.1, 0.15) is 0 Å². The molecule has 7 heteroatoms. The van der Waals surface area contributed by atoms with E-state index in [9.17, 15) is 14.4 Å². The van der Waals surface area contributed by atoms with Gasteiger partial charge in [-0.1, -0.05) is 28.1 Å². The molecular weight excluding hydrogens is 376 g/mol. The molecule has 1 aromatic carbocycles. The SMILES string of the molecule is CC(=O)N1CCC(C(=O)N[C@H](CC(=O)O)c2cccc(Br)c2)CC1. The highest BCUT2D eigenvalue weighted by Gasteiger charge is 2.28. The Morgan fingerprint density at radius 1 is 1.33 bits per heavy atom. The van der Waals surface area contributed by atoms with E-state index in [0.717, 1.165) is 10.0 Å².